The summed E-state index contributed by atoms with van der Waals surface area (Å²) in [5.74, 6) is -2.29. The molecule has 28 heavy (non-hydrogen) atoms. The first-order chi connectivity index (χ1) is 13.2. The molecule has 1 unspecified atom stereocenters. The zero-order chi connectivity index (χ0) is 20.1. The standard InChI is InChI=1S/C20H20F2N4OS/c1-19(9-20(21,22)10-19)16(27)15-6-11-3-4-14(26-18(11)28-15)12-5-13(7-24-2)17(23)25-8-12/h3-8,16,27H,9-10H2,1-2H3,(H2,23,25). The van der Waals surface area contributed by atoms with Gasteiger partial charge >= 0.3 is 0 Å². The van der Waals surface area contributed by atoms with Gasteiger partial charge in [0.15, 0.2) is 0 Å². The van der Waals surface area contributed by atoms with Crippen LogP contribution in [0.5, 0.6) is 0 Å². The lowest BCUT2D eigenvalue weighted by Crippen LogP contribution is -2.47. The van der Waals surface area contributed by atoms with E-state index in [4.69, 9.17) is 5.73 Å². The van der Waals surface area contributed by atoms with Crippen molar-refractivity contribution in [3.8, 4) is 11.3 Å². The van der Waals surface area contributed by atoms with Crippen LogP contribution >= 0.6 is 11.3 Å². The number of hydrogen-bond donors (Lipinski definition) is 2. The van der Waals surface area contributed by atoms with Crippen molar-refractivity contribution < 1.29 is 13.9 Å². The summed E-state index contributed by atoms with van der Waals surface area (Å²) in [5.41, 5.74) is 7.28. The van der Waals surface area contributed by atoms with Crippen molar-refractivity contribution in [3.63, 3.8) is 0 Å². The van der Waals surface area contributed by atoms with E-state index in [-0.39, 0.29) is 12.8 Å². The summed E-state index contributed by atoms with van der Waals surface area (Å²) in [6, 6.07) is 7.47. The molecule has 0 spiro atoms. The molecule has 3 aromatic rings. The number of thiophene rings is 1. The number of aromatic nitrogens is 2. The number of aliphatic hydroxyl groups is 1. The fraction of sp³-hybridized carbons (Fsp3) is 0.350. The average molecular weight is 402 g/mol. The van der Waals surface area contributed by atoms with Crippen molar-refractivity contribution in [1.29, 1.82) is 0 Å². The van der Waals surface area contributed by atoms with Crippen molar-refractivity contribution in [2.45, 2.75) is 31.8 Å². The molecule has 1 fully saturated rings. The molecule has 1 aliphatic rings. The summed E-state index contributed by atoms with van der Waals surface area (Å²) in [4.78, 5) is 14.2. The second-order valence-electron chi connectivity index (χ2n) is 7.59. The number of pyridine rings is 2. The van der Waals surface area contributed by atoms with E-state index in [9.17, 15) is 13.9 Å². The van der Waals surface area contributed by atoms with Gasteiger partial charge in [0, 0.05) is 59.1 Å². The maximum absolute atomic E-state index is 13.3. The second-order valence-corrected chi connectivity index (χ2v) is 8.65. The number of nitrogens with two attached hydrogens (primary N) is 1. The summed E-state index contributed by atoms with van der Waals surface area (Å²) in [7, 11) is 1.66. The number of aliphatic hydroxyl groups excluding tert-OH is 1. The van der Waals surface area contributed by atoms with Gasteiger partial charge in [-0.2, -0.15) is 0 Å². The van der Waals surface area contributed by atoms with E-state index in [1.807, 2.05) is 24.3 Å². The molecule has 0 aliphatic heterocycles. The number of halogens is 2. The molecule has 3 heterocycles. The molecule has 1 saturated carbocycles. The molecule has 3 N–H and O–H groups in total. The highest BCUT2D eigenvalue weighted by atomic mass is 32.1. The highest BCUT2D eigenvalue weighted by molar-refractivity contribution is 7.18. The molecule has 1 atom stereocenters. The molecule has 0 radical (unpaired) electrons. The van der Waals surface area contributed by atoms with Crippen LogP contribution in [0.25, 0.3) is 21.5 Å². The minimum atomic E-state index is -2.68. The Morgan fingerprint density at radius 3 is 2.75 bits per heavy atom. The van der Waals surface area contributed by atoms with Crippen LogP contribution in [0.2, 0.25) is 0 Å². The van der Waals surface area contributed by atoms with Gasteiger partial charge in [0.25, 0.3) is 0 Å². The van der Waals surface area contributed by atoms with E-state index in [0.717, 1.165) is 21.5 Å². The third-order valence-electron chi connectivity index (χ3n) is 5.17. The van der Waals surface area contributed by atoms with Gasteiger partial charge in [0.1, 0.15) is 10.6 Å². The predicted octanol–water partition coefficient (Wildman–Crippen LogP) is 4.46. The Labute approximate surface area is 165 Å². The Hall–Kier alpha value is -2.45. The third-order valence-corrected chi connectivity index (χ3v) is 6.27. The molecule has 4 rings (SSSR count). The quantitative estimate of drug-likeness (QED) is 0.631. The Bertz CT molecular complexity index is 1070. The fourth-order valence-corrected chi connectivity index (χ4v) is 4.97. The van der Waals surface area contributed by atoms with Gasteiger partial charge < -0.3 is 10.8 Å². The van der Waals surface area contributed by atoms with Gasteiger partial charge in [0.2, 0.25) is 5.92 Å². The molecule has 5 nitrogen and oxygen atoms in total. The highest BCUT2D eigenvalue weighted by Crippen LogP contribution is 2.58. The summed E-state index contributed by atoms with van der Waals surface area (Å²) in [6.07, 6.45) is 1.76. The molecular weight excluding hydrogens is 382 g/mol. The van der Waals surface area contributed by atoms with E-state index in [1.165, 1.54) is 11.3 Å². The third kappa shape index (κ3) is 3.27. The number of nitrogens with zero attached hydrogens (tertiary/aromatic N) is 3. The van der Waals surface area contributed by atoms with Crippen LogP contribution in [0.3, 0.4) is 0 Å². The topological polar surface area (TPSA) is 84.4 Å². The van der Waals surface area contributed by atoms with Crippen molar-refractivity contribution in [2.24, 2.45) is 10.4 Å². The predicted molar refractivity (Wildman–Crippen MR) is 108 cm³/mol. The molecule has 1 aliphatic carbocycles. The molecule has 146 valence electrons. The lowest BCUT2D eigenvalue weighted by atomic mass is 9.64. The number of anilines is 1. The van der Waals surface area contributed by atoms with Crippen LogP contribution in [-0.4, -0.2) is 34.3 Å². The van der Waals surface area contributed by atoms with Crippen LogP contribution in [-0.2, 0) is 0 Å². The lowest BCUT2D eigenvalue weighted by molar-refractivity contribution is -0.193. The molecule has 8 heteroatoms. The largest absolute Gasteiger partial charge is 0.387 e. The Morgan fingerprint density at radius 2 is 2.07 bits per heavy atom. The maximum Gasteiger partial charge on any atom is 0.249 e. The Morgan fingerprint density at radius 1 is 1.32 bits per heavy atom. The SMILES string of the molecule is CN=Cc1cc(-c2ccc3cc(C(O)C4(C)CC(F)(F)C4)sc3n2)cnc1N. The zero-order valence-electron chi connectivity index (χ0n) is 15.5. The van der Waals surface area contributed by atoms with Crippen molar-refractivity contribution in [2.75, 3.05) is 12.8 Å². The van der Waals surface area contributed by atoms with Gasteiger partial charge in [0.05, 0.1) is 11.8 Å². The molecule has 0 bridgehead atoms. The van der Waals surface area contributed by atoms with Crippen molar-refractivity contribution in [3.05, 3.63) is 40.9 Å². The minimum absolute atomic E-state index is 0.299. The lowest BCUT2D eigenvalue weighted by Gasteiger charge is -2.47. The van der Waals surface area contributed by atoms with Crippen LogP contribution in [0, 0.1) is 5.41 Å². The first kappa shape index (κ1) is 18.9. The van der Waals surface area contributed by atoms with Crippen molar-refractivity contribution >= 4 is 33.6 Å². The first-order valence-electron chi connectivity index (χ1n) is 8.85. The monoisotopic (exact) mass is 402 g/mol. The summed E-state index contributed by atoms with van der Waals surface area (Å²) in [5, 5.41) is 11.5. The molecule has 0 amide bonds. The smallest absolute Gasteiger partial charge is 0.249 e. The number of hydrogen-bond acceptors (Lipinski definition) is 6. The zero-order valence-corrected chi connectivity index (χ0v) is 16.3. The maximum atomic E-state index is 13.3. The van der Waals surface area contributed by atoms with E-state index in [0.29, 0.717) is 16.3 Å². The van der Waals surface area contributed by atoms with Crippen LogP contribution in [0.1, 0.15) is 36.3 Å². The molecule has 0 saturated heterocycles. The van der Waals surface area contributed by atoms with Gasteiger partial charge in [-0.15, -0.1) is 11.3 Å². The number of fused-ring (bicyclic) bond motifs is 1. The number of rotatable bonds is 4. The normalized spacial score (nSPS) is 19.0. The van der Waals surface area contributed by atoms with Crippen LogP contribution < -0.4 is 5.73 Å². The summed E-state index contributed by atoms with van der Waals surface area (Å²) < 4.78 is 26.7. The summed E-state index contributed by atoms with van der Waals surface area (Å²) >= 11 is 1.33. The van der Waals surface area contributed by atoms with Gasteiger partial charge in [-0.05, 0) is 24.3 Å². The van der Waals surface area contributed by atoms with E-state index >= 15 is 0 Å². The summed E-state index contributed by atoms with van der Waals surface area (Å²) in [6.45, 7) is 1.70. The second kappa shape index (κ2) is 6.56. The molecule has 0 aromatic carbocycles. The molecule has 3 aromatic heterocycles. The van der Waals surface area contributed by atoms with E-state index in [1.54, 1.807) is 26.4 Å². The fourth-order valence-electron chi connectivity index (χ4n) is 3.77. The van der Waals surface area contributed by atoms with Gasteiger partial charge in [-0.1, -0.05) is 6.92 Å². The number of nitrogen functional groups attached to an aromatic ring is 1. The molecular formula is C20H20F2N4OS. The Balaban J connectivity index is 1.67. The average Bonchev–Trinajstić information content (AvgIpc) is 3.04. The first-order valence-corrected chi connectivity index (χ1v) is 9.67. The van der Waals surface area contributed by atoms with Crippen LogP contribution in [0.15, 0.2) is 35.5 Å². The van der Waals surface area contributed by atoms with E-state index < -0.39 is 17.4 Å². The van der Waals surface area contributed by atoms with E-state index in [2.05, 4.69) is 15.0 Å². The van der Waals surface area contributed by atoms with Crippen LogP contribution in [0.4, 0.5) is 14.6 Å². The van der Waals surface area contributed by atoms with Gasteiger partial charge in [-0.25, -0.2) is 18.7 Å². The van der Waals surface area contributed by atoms with Gasteiger partial charge in [-0.3, -0.25) is 4.99 Å². The van der Waals surface area contributed by atoms with Crippen molar-refractivity contribution in [1.82, 2.24) is 9.97 Å². The Kier molecular flexibility index (Phi) is 4.43. The minimum Gasteiger partial charge on any atom is -0.387 e. The number of aliphatic imine (C=N–C) groups is 1. The number of alkyl halides is 2. The highest BCUT2D eigenvalue weighted by Gasteiger charge is 2.57.